The third kappa shape index (κ3) is 4.40. The van der Waals surface area contributed by atoms with Gasteiger partial charge in [0.15, 0.2) is 5.82 Å². The van der Waals surface area contributed by atoms with Crippen LogP contribution in [0.25, 0.3) is 0 Å². The van der Waals surface area contributed by atoms with E-state index in [4.69, 9.17) is 4.74 Å². The van der Waals surface area contributed by atoms with E-state index in [1.807, 2.05) is 16.8 Å². The molecule has 0 N–H and O–H groups in total. The zero-order valence-corrected chi connectivity index (χ0v) is 17.2. The molecule has 1 aromatic heterocycles. The number of nitrogens with zero attached hydrogens (tertiary/aromatic N) is 6. The molecule has 1 fully saturated rings. The van der Waals surface area contributed by atoms with Crippen LogP contribution in [-0.2, 0) is 5.54 Å². The van der Waals surface area contributed by atoms with E-state index in [2.05, 4.69) is 65.2 Å². The van der Waals surface area contributed by atoms with Gasteiger partial charge in [-0.15, -0.1) is 5.10 Å². The summed E-state index contributed by atoms with van der Waals surface area (Å²) in [5, 5.41) is 12.7. The van der Waals surface area contributed by atoms with Gasteiger partial charge in [-0.2, -0.15) is 0 Å². The molecule has 1 atom stereocenters. The lowest BCUT2D eigenvalue weighted by Crippen LogP contribution is -2.48. The number of hydrogen-bond donors (Lipinski definition) is 0. The summed E-state index contributed by atoms with van der Waals surface area (Å²) in [4.78, 5) is 4.98. The number of anilines is 1. The van der Waals surface area contributed by atoms with Crippen molar-refractivity contribution in [1.29, 1.82) is 0 Å². The number of benzene rings is 1. The van der Waals surface area contributed by atoms with Gasteiger partial charge in [-0.05, 0) is 61.9 Å². The standard InChI is InChI=1S/C20H32N6O/c1-6-7-18(19-21-22-23-26(19)20(2,3)4)25-14-12-24(13-15-25)16-8-10-17(27-5)11-9-16/h8-11,18H,6-7,12-15H2,1-5H3/t18-/m0/s1. The van der Waals surface area contributed by atoms with E-state index < -0.39 is 0 Å². The van der Waals surface area contributed by atoms with Gasteiger partial charge in [-0.25, -0.2) is 4.68 Å². The number of methoxy groups -OCH3 is 1. The number of hydrogen-bond acceptors (Lipinski definition) is 6. The molecule has 0 saturated carbocycles. The SMILES string of the molecule is CCC[C@@H](c1nnnn1C(C)(C)C)N1CCN(c2ccc(OC)cc2)CC1. The highest BCUT2D eigenvalue weighted by molar-refractivity contribution is 5.49. The summed E-state index contributed by atoms with van der Waals surface area (Å²) < 4.78 is 7.25. The van der Waals surface area contributed by atoms with Crippen LogP contribution in [0.2, 0.25) is 0 Å². The Morgan fingerprint density at radius 1 is 1.07 bits per heavy atom. The number of aromatic nitrogens is 4. The van der Waals surface area contributed by atoms with E-state index in [-0.39, 0.29) is 11.6 Å². The number of rotatable bonds is 6. The molecule has 1 aromatic carbocycles. The van der Waals surface area contributed by atoms with Crippen LogP contribution >= 0.6 is 0 Å². The van der Waals surface area contributed by atoms with Crippen LogP contribution in [0.3, 0.4) is 0 Å². The quantitative estimate of drug-likeness (QED) is 0.777. The summed E-state index contributed by atoms with van der Waals surface area (Å²) in [7, 11) is 1.70. The number of tetrazole rings is 1. The van der Waals surface area contributed by atoms with Crippen LogP contribution in [-0.4, -0.2) is 58.4 Å². The van der Waals surface area contributed by atoms with Crippen molar-refractivity contribution in [3.63, 3.8) is 0 Å². The maximum atomic E-state index is 5.26. The maximum absolute atomic E-state index is 5.26. The molecule has 27 heavy (non-hydrogen) atoms. The van der Waals surface area contributed by atoms with E-state index in [9.17, 15) is 0 Å². The van der Waals surface area contributed by atoms with Crippen molar-refractivity contribution in [1.82, 2.24) is 25.1 Å². The molecule has 0 aliphatic carbocycles. The minimum atomic E-state index is -0.115. The number of piperazine rings is 1. The Labute approximate surface area is 162 Å². The molecular formula is C20H32N6O. The predicted molar refractivity (Wildman–Crippen MR) is 107 cm³/mol. The van der Waals surface area contributed by atoms with E-state index in [1.165, 1.54) is 5.69 Å². The van der Waals surface area contributed by atoms with E-state index >= 15 is 0 Å². The van der Waals surface area contributed by atoms with Crippen LogP contribution in [0.15, 0.2) is 24.3 Å². The first-order valence-electron chi connectivity index (χ1n) is 9.86. The maximum Gasteiger partial charge on any atom is 0.168 e. The minimum absolute atomic E-state index is 0.115. The molecule has 0 spiro atoms. The molecule has 7 nitrogen and oxygen atoms in total. The highest BCUT2D eigenvalue weighted by atomic mass is 16.5. The van der Waals surface area contributed by atoms with E-state index in [0.717, 1.165) is 50.6 Å². The lowest BCUT2D eigenvalue weighted by Gasteiger charge is -2.40. The fraction of sp³-hybridized carbons (Fsp3) is 0.650. The van der Waals surface area contributed by atoms with Crippen LogP contribution in [0.1, 0.15) is 52.4 Å². The van der Waals surface area contributed by atoms with Crippen LogP contribution in [0.5, 0.6) is 5.75 Å². The Balaban J connectivity index is 1.71. The normalized spacial score (nSPS) is 17.1. The van der Waals surface area contributed by atoms with Gasteiger partial charge in [0.25, 0.3) is 0 Å². The van der Waals surface area contributed by atoms with Crippen molar-refractivity contribution in [3.05, 3.63) is 30.1 Å². The molecule has 2 aromatic rings. The summed E-state index contributed by atoms with van der Waals surface area (Å²) in [5.74, 6) is 1.89. The van der Waals surface area contributed by atoms with Crippen molar-refractivity contribution in [2.24, 2.45) is 0 Å². The molecule has 0 bridgehead atoms. The fourth-order valence-electron chi connectivity index (χ4n) is 3.71. The zero-order valence-electron chi connectivity index (χ0n) is 17.2. The van der Waals surface area contributed by atoms with Gasteiger partial charge in [-0.1, -0.05) is 13.3 Å². The Morgan fingerprint density at radius 3 is 2.30 bits per heavy atom. The lowest BCUT2D eigenvalue weighted by atomic mass is 10.0. The summed E-state index contributed by atoms with van der Waals surface area (Å²) in [6.07, 6.45) is 2.18. The van der Waals surface area contributed by atoms with Crippen LogP contribution in [0, 0.1) is 0 Å². The first kappa shape index (κ1) is 19.6. The van der Waals surface area contributed by atoms with Gasteiger partial charge in [0.2, 0.25) is 0 Å². The highest BCUT2D eigenvalue weighted by Crippen LogP contribution is 2.29. The van der Waals surface area contributed by atoms with Crippen molar-refractivity contribution in [2.75, 3.05) is 38.2 Å². The molecular weight excluding hydrogens is 340 g/mol. The van der Waals surface area contributed by atoms with Gasteiger partial charge in [-0.3, -0.25) is 4.90 Å². The van der Waals surface area contributed by atoms with E-state index in [1.54, 1.807) is 7.11 Å². The largest absolute Gasteiger partial charge is 0.497 e. The Kier molecular flexibility index (Phi) is 5.99. The fourth-order valence-corrected chi connectivity index (χ4v) is 3.71. The first-order valence-corrected chi connectivity index (χ1v) is 9.86. The van der Waals surface area contributed by atoms with Gasteiger partial charge in [0, 0.05) is 31.9 Å². The Morgan fingerprint density at radius 2 is 1.74 bits per heavy atom. The molecule has 1 saturated heterocycles. The van der Waals surface area contributed by atoms with Crippen LogP contribution < -0.4 is 9.64 Å². The van der Waals surface area contributed by atoms with Gasteiger partial charge in [0.1, 0.15) is 5.75 Å². The second-order valence-electron chi connectivity index (χ2n) is 8.15. The highest BCUT2D eigenvalue weighted by Gasteiger charge is 2.31. The molecule has 2 heterocycles. The first-order chi connectivity index (χ1) is 12.9. The molecule has 1 aliphatic heterocycles. The summed E-state index contributed by atoms with van der Waals surface area (Å²) in [5.41, 5.74) is 1.14. The van der Waals surface area contributed by atoms with Crippen molar-refractivity contribution < 1.29 is 4.74 Å². The third-order valence-corrected chi connectivity index (χ3v) is 5.18. The molecule has 148 valence electrons. The second-order valence-corrected chi connectivity index (χ2v) is 8.15. The Bertz CT molecular complexity index is 713. The molecule has 3 rings (SSSR count). The van der Waals surface area contributed by atoms with Crippen molar-refractivity contribution in [3.8, 4) is 5.75 Å². The van der Waals surface area contributed by atoms with Gasteiger partial charge in [0.05, 0.1) is 18.7 Å². The number of ether oxygens (including phenoxy) is 1. The smallest absolute Gasteiger partial charge is 0.168 e. The van der Waals surface area contributed by atoms with Crippen molar-refractivity contribution >= 4 is 5.69 Å². The third-order valence-electron chi connectivity index (χ3n) is 5.18. The molecule has 7 heteroatoms. The van der Waals surface area contributed by atoms with Gasteiger partial charge < -0.3 is 9.64 Å². The van der Waals surface area contributed by atoms with E-state index in [0.29, 0.717) is 0 Å². The average Bonchev–Trinajstić information content (AvgIpc) is 3.16. The lowest BCUT2D eigenvalue weighted by molar-refractivity contribution is 0.156. The molecule has 0 radical (unpaired) electrons. The van der Waals surface area contributed by atoms with Crippen LogP contribution in [0.4, 0.5) is 5.69 Å². The second kappa shape index (κ2) is 8.25. The summed E-state index contributed by atoms with van der Waals surface area (Å²) >= 11 is 0. The van der Waals surface area contributed by atoms with Crippen molar-refractivity contribution in [2.45, 2.75) is 52.1 Å². The zero-order chi connectivity index (χ0) is 19.4. The minimum Gasteiger partial charge on any atom is -0.497 e. The molecule has 1 aliphatic rings. The molecule has 0 amide bonds. The monoisotopic (exact) mass is 372 g/mol. The Hall–Kier alpha value is -2.15. The topological polar surface area (TPSA) is 59.3 Å². The average molecular weight is 373 g/mol. The molecule has 0 unspecified atom stereocenters. The predicted octanol–water partition coefficient (Wildman–Crippen LogP) is 3.10. The summed E-state index contributed by atoms with van der Waals surface area (Å²) in [6, 6.07) is 8.59. The van der Waals surface area contributed by atoms with Gasteiger partial charge >= 0.3 is 0 Å². The summed E-state index contributed by atoms with van der Waals surface area (Å²) in [6.45, 7) is 12.7.